The third kappa shape index (κ3) is 2.10. The molecule has 0 spiro atoms. The SMILES string of the molecule is FC(F)(F)c1nnc2n1N1C(=CS[C@@H]1c1ccc(Cl)cc1)S2. The van der Waals surface area contributed by atoms with Crippen LogP contribution in [0.1, 0.15) is 16.8 Å². The quantitative estimate of drug-likeness (QED) is 0.758. The van der Waals surface area contributed by atoms with Crippen LogP contribution in [0.2, 0.25) is 5.02 Å². The molecule has 4 nitrogen and oxygen atoms in total. The van der Waals surface area contributed by atoms with Gasteiger partial charge in [-0.15, -0.1) is 10.2 Å². The molecule has 1 atom stereocenters. The molecule has 1 aromatic heterocycles. The maximum atomic E-state index is 13.1. The van der Waals surface area contributed by atoms with Crippen LogP contribution in [-0.4, -0.2) is 14.9 Å². The zero-order valence-electron chi connectivity index (χ0n) is 10.6. The van der Waals surface area contributed by atoms with E-state index in [9.17, 15) is 13.2 Å². The number of nitrogens with zero attached hydrogens (tertiary/aromatic N) is 4. The van der Waals surface area contributed by atoms with E-state index in [2.05, 4.69) is 10.2 Å². The molecule has 2 aliphatic heterocycles. The van der Waals surface area contributed by atoms with Gasteiger partial charge in [-0.2, -0.15) is 13.2 Å². The van der Waals surface area contributed by atoms with Gasteiger partial charge in [0, 0.05) is 10.4 Å². The number of hydrogen-bond donors (Lipinski definition) is 0. The lowest BCUT2D eigenvalue weighted by Crippen LogP contribution is -2.33. The molecule has 0 radical (unpaired) electrons. The Morgan fingerprint density at radius 3 is 2.55 bits per heavy atom. The first kappa shape index (κ1) is 14.3. The predicted molar refractivity (Wildman–Crippen MR) is 79.0 cm³/mol. The number of fused-ring (bicyclic) bond motifs is 3. The van der Waals surface area contributed by atoms with Gasteiger partial charge >= 0.3 is 6.18 Å². The molecular formula is C12H6ClF3N4S2. The highest BCUT2D eigenvalue weighted by molar-refractivity contribution is 8.07. The molecule has 1 aromatic carbocycles. The molecule has 0 bridgehead atoms. The first-order valence-corrected chi connectivity index (χ1v) is 8.20. The van der Waals surface area contributed by atoms with Crippen molar-refractivity contribution in [3.63, 3.8) is 0 Å². The van der Waals surface area contributed by atoms with Crippen LogP contribution < -0.4 is 5.01 Å². The first-order valence-electron chi connectivity index (χ1n) is 6.06. The lowest BCUT2D eigenvalue weighted by Gasteiger charge is -2.26. The predicted octanol–water partition coefficient (Wildman–Crippen LogP) is 4.24. The normalized spacial score (nSPS) is 20.1. The molecule has 0 unspecified atom stereocenters. The molecule has 2 aliphatic rings. The molecule has 10 heteroatoms. The van der Waals surface area contributed by atoms with E-state index in [0.717, 1.165) is 10.2 Å². The fraction of sp³-hybridized carbons (Fsp3) is 0.167. The Hall–Kier alpha value is -1.32. The average molecular weight is 363 g/mol. The van der Waals surface area contributed by atoms with Crippen LogP contribution in [0.5, 0.6) is 0 Å². The summed E-state index contributed by atoms with van der Waals surface area (Å²) in [7, 11) is 0. The van der Waals surface area contributed by atoms with Crippen molar-refractivity contribution in [3.8, 4) is 0 Å². The van der Waals surface area contributed by atoms with E-state index in [1.165, 1.54) is 23.5 Å². The third-order valence-electron chi connectivity index (χ3n) is 3.18. The highest BCUT2D eigenvalue weighted by atomic mass is 35.5. The van der Waals surface area contributed by atoms with Crippen molar-refractivity contribution in [2.75, 3.05) is 5.01 Å². The fourth-order valence-corrected chi connectivity index (χ4v) is 4.62. The minimum atomic E-state index is -4.56. The molecule has 0 fully saturated rings. The van der Waals surface area contributed by atoms with E-state index in [1.54, 1.807) is 29.3 Å². The van der Waals surface area contributed by atoms with Crippen LogP contribution in [0.4, 0.5) is 13.2 Å². The monoisotopic (exact) mass is 362 g/mol. The van der Waals surface area contributed by atoms with Gasteiger partial charge < -0.3 is 0 Å². The Balaban J connectivity index is 1.79. The van der Waals surface area contributed by atoms with E-state index in [-0.39, 0.29) is 10.5 Å². The van der Waals surface area contributed by atoms with Crippen molar-refractivity contribution < 1.29 is 13.2 Å². The van der Waals surface area contributed by atoms with Gasteiger partial charge in [0.25, 0.3) is 5.82 Å². The molecule has 3 heterocycles. The second-order valence-electron chi connectivity index (χ2n) is 4.56. The zero-order valence-corrected chi connectivity index (χ0v) is 13.0. The summed E-state index contributed by atoms with van der Waals surface area (Å²) in [6.45, 7) is 0. The van der Waals surface area contributed by atoms with Gasteiger partial charge in [-0.05, 0) is 29.5 Å². The maximum Gasteiger partial charge on any atom is 0.453 e. The Morgan fingerprint density at radius 1 is 1.14 bits per heavy atom. The molecule has 0 saturated heterocycles. The van der Waals surface area contributed by atoms with Crippen molar-refractivity contribution in [1.82, 2.24) is 14.9 Å². The van der Waals surface area contributed by atoms with Gasteiger partial charge in [-0.25, -0.2) is 4.68 Å². The van der Waals surface area contributed by atoms with Gasteiger partial charge in [0.05, 0.1) is 0 Å². The molecule has 0 N–H and O–H groups in total. The number of benzene rings is 1. The zero-order chi connectivity index (χ0) is 15.5. The van der Waals surface area contributed by atoms with Crippen molar-refractivity contribution >= 4 is 35.1 Å². The van der Waals surface area contributed by atoms with E-state index >= 15 is 0 Å². The highest BCUT2D eigenvalue weighted by Gasteiger charge is 2.46. The minimum absolute atomic E-state index is 0.220. The Morgan fingerprint density at radius 2 is 1.86 bits per heavy atom. The summed E-state index contributed by atoms with van der Waals surface area (Å²) in [6, 6.07) is 7.04. The lowest BCUT2D eigenvalue weighted by atomic mass is 10.2. The number of hydrogen-bond acceptors (Lipinski definition) is 5. The largest absolute Gasteiger partial charge is 0.453 e. The van der Waals surface area contributed by atoms with Gasteiger partial charge in [-0.1, -0.05) is 35.5 Å². The van der Waals surface area contributed by atoms with E-state index in [1.807, 2.05) is 5.41 Å². The van der Waals surface area contributed by atoms with Crippen LogP contribution >= 0.6 is 35.1 Å². The lowest BCUT2D eigenvalue weighted by molar-refractivity contribution is -0.147. The summed E-state index contributed by atoms with van der Waals surface area (Å²) >= 11 is 8.48. The molecule has 2 aromatic rings. The molecule has 0 saturated carbocycles. The van der Waals surface area contributed by atoms with Crippen molar-refractivity contribution in [2.24, 2.45) is 0 Å². The van der Waals surface area contributed by atoms with Crippen molar-refractivity contribution in [1.29, 1.82) is 0 Å². The van der Waals surface area contributed by atoms with Gasteiger partial charge in [0.1, 0.15) is 10.4 Å². The summed E-state index contributed by atoms with van der Waals surface area (Å²) in [5.41, 5.74) is 0.857. The number of aromatic nitrogens is 3. The standard InChI is InChI=1S/C12H6ClF3N4S2/c13-7-3-1-6(2-4-7)9-19-8(5-21-9)22-11-18-17-10(20(11)19)12(14,15)16/h1-5,9H/t9-/m1/s1. The van der Waals surface area contributed by atoms with Gasteiger partial charge in [0.2, 0.25) is 5.16 Å². The van der Waals surface area contributed by atoms with Crippen LogP contribution in [0, 0.1) is 0 Å². The summed E-state index contributed by atoms with van der Waals surface area (Å²) < 4.78 is 40.4. The topological polar surface area (TPSA) is 34.0 Å². The van der Waals surface area contributed by atoms with Crippen LogP contribution in [0.3, 0.4) is 0 Å². The Bertz CT molecular complexity index is 772. The van der Waals surface area contributed by atoms with Crippen LogP contribution in [0.25, 0.3) is 0 Å². The second-order valence-corrected chi connectivity index (χ2v) is 6.94. The summed E-state index contributed by atoms with van der Waals surface area (Å²) in [5, 5.41) is 11.5. The van der Waals surface area contributed by atoms with E-state index < -0.39 is 12.0 Å². The van der Waals surface area contributed by atoms with Crippen LogP contribution in [-0.2, 0) is 6.18 Å². The summed E-state index contributed by atoms with van der Waals surface area (Å²) in [6.07, 6.45) is -4.56. The molecule has 0 amide bonds. The molecule has 22 heavy (non-hydrogen) atoms. The molecule has 0 aliphatic carbocycles. The fourth-order valence-electron chi connectivity index (χ4n) is 2.26. The van der Waals surface area contributed by atoms with E-state index in [0.29, 0.717) is 10.1 Å². The second kappa shape index (κ2) is 4.84. The molecule has 114 valence electrons. The van der Waals surface area contributed by atoms with Crippen molar-refractivity contribution in [3.05, 3.63) is 51.1 Å². The first-order chi connectivity index (χ1) is 10.4. The van der Waals surface area contributed by atoms with E-state index in [4.69, 9.17) is 11.6 Å². The smallest absolute Gasteiger partial charge is 0.252 e. The van der Waals surface area contributed by atoms with Gasteiger partial charge in [0.15, 0.2) is 0 Å². The highest BCUT2D eigenvalue weighted by Crippen LogP contribution is 2.52. The Labute approximate surface area is 136 Å². The molecule has 4 rings (SSSR count). The number of thioether (sulfide) groups is 2. The maximum absolute atomic E-state index is 13.1. The van der Waals surface area contributed by atoms with Gasteiger partial charge in [-0.3, -0.25) is 5.01 Å². The number of rotatable bonds is 1. The summed E-state index contributed by atoms with van der Waals surface area (Å²) in [5.74, 6) is -1.01. The molecular weight excluding hydrogens is 357 g/mol. The number of halogens is 4. The van der Waals surface area contributed by atoms with Crippen molar-refractivity contribution in [2.45, 2.75) is 16.7 Å². The third-order valence-corrected chi connectivity index (χ3v) is 5.62. The van der Waals surface area contributed by atoms with Crippen LogP contribution in [0.15, 0.2) is 39.9 Å². The summed E-state index contributed by atoms with van der Waals surface area (Å²) in [4.78, 5) is 0. The number of alkyl halides is 3. The Kier molecular flexibility index (Phi) is 3.14. The average Bonchev–Trinajstić information content (AvgIpc) is 3.08. The minimum Gasteiger partial charge on any atom is -0.252 e.